The Labute approximate surface area is 170 Å². The molecule has 0 aliphatic rings. The lowest BCUT2D eigenvalue weighted by atomic mass is 10.1. The molecule has 2 aromatic carbocycles. The smallest absolute Gasteiger partial charge is 0.266 e. The minimum absolute atomic E-state index is 0.0916. The van der Waals surface area contributed by atoms with Crippen LogP contribution in [0, 0.1) is 0 Å². The fourth-order valence-electron chi connectivity index (χ4n) is 3.01. The fourth-order valence-corrected chi connectivity index (χ4v) is 3.58. The first-order valence-corrected chi connectivity index (χ1v) is 9.20. The number of halogens is 2. The van der Waals surface area contributed by atoms with Gasteiger partial charge in [0.2, 0.25) is 0 Å². The molecule has 0 aliphatic heterocycles. The van der Waals surface area contributed by atoms with E-state index in [4.69, 9.17) is 23.2 Å². The van der Waals surface area contributed by atoms with Gasteiger partial charge >= 0.3 is 0 Å². The highest BCUT2D eigenvalue weighted by molar-refractivity contribution is 6.37. The third-order valence-electron chi connectivity index (χ3n) is 4.33. The van der Waals surface area contributed by atoms with Crippen molar-refractivity contribution in [2.24, 2.45) is 0 Å². The van der Waals surface area contributed by atoms with Crippen LogP contribution in [0.5, 0.6) is 0 Å². The molecule has 4 rings (SSSR count). The van der Waals surface area contributed by atoms with Crippen molar-refractivity contribution in [3.05, 3.63) is 98.8 Å². The van der Waals surface area contributed by atoms with Crippen LogP contribution in [-0.2, 0) is 6.42 Å². The molecule has 0 radical (unpaired) electrons. The second-order valence-electron chi connectivity index (χ2n) is 6.09. The van der Waals surface area contributed by atoms with Crippen LogP contribution in [0.2, 0.25) is 10.0 Å². The molecule has 4 aromatic rings. The van der Waals surface area contributed by atoms with E-state index >= 15 is 0 Å². The van der Waals surface area contributed by atoms with E-state index in [-0.39, 0.29) is 23.6 Å². The Morgan fingerprint density at radius 3 is 2.32 bits per heavy atom. The number of carbonyl (C=O) groups excluding carboxylic acids is 1. The number of Topliss-reactive ketones (excluding diaryl/α,β-unsaturated/α-hetero) is 1. The van der Waals surface area contributed by atoms with Gasteiger partial charge in [-0.05, 0) is 36.4 Å². The molecule has 2 heterocycles. The number of aromatic nitrogens is 3. The van der Waals surface area contributed by atoms with Crippen LogP contribution in [0.1, 0.15) is 16.2 Å². The maximum Gasteiger partial charge on any atom is 0.266 e. The first-order valence-electron chi connectivity index (χ1n) is 8.44. The summed E-state index contributed by atoms with van der Waals surface area (Å²) in [7, 11) is 0. The average Bonchev–Trinajstić information content (AvgIpc) is 2.70. The van der Waals surface area contributed by atoms with Crippen LogP contribution < -0.4 is 5.56 Å². The Balaban J connectivity index is 1.97. The van der Waals surface area contributed by atoms with Gasteiger partial charge in [0.15, 0.2) is 5.78 Å². The highest BCUT2D eigenvalue weighted by Gasteiger charge is 2.20. The number of ketones is 1. The summed E-state index contributed by atoms with van der Waals surface area (Å²) in [5.74, 6) is 0.0713. The summed E-state index contributed by atoms with van der Waals surface area (Å²) in [6.07, 6.45) is 2.99. The van der Waals surface area contributed by atoms with Gasteiger partial charge in [-0.3, -0.25) is 19.1 Å². The first-order chi connectivity index (χ1) is 13.6. The SMILES string of the molecule is O=C(Cc1nc2ccccc2c(=O)n1-c1c(Cl)cccc1Cl)c1ccncc1. The minimum Gasteiger partial charge on any atom is -0.294 e. The second-order valence-corrected chi connectivity index (χ2v) is 6.91. The Morgan fingerprint density at radius 2 is 1.61 bits per heavy atom. The lowest BCUT2D eigenvalue weighted by Gasteiger charge is -2.16. The number of rotatable bonds is 4. The van der Waals surface area contributed by atoms with E-state index in [1.54, 1.807) is 67.0 Å². The second kappa shape index (κ2) is 7.54. The zero-order valence-corrected chi connectivity index (χ0v) is 16.0. The van der Waals surface area contributed by atoms with Gasteiger partial charge in [-0.2, -0.15) is 0 Å². The van der Waals surface area contributed by atoms with Gasteiger partial charge in [-0.1, -0.05) is 41.4 Å². The summed E-state index contributed by atoms with van der Waals surface area (Å²) in [6, 6.07) is 15.2. The molecule has 0 unspecified atom stereocenters. The highest BCUT2D eigenvalue weighted by atomic mass is 35.5. The predicted molar refractivity (Wildman–Crippen MR) is 110 cm³/mol. The monoisotopic (exact) mass is 409 g/mol. The highest BCUT2D eigenvalue weighted by Crippen LogP contribution is 2.29. The van der Waals surface area contributed by atoms with Crippen molar-refractivity contribution in [3.63, 3.8) is 0 Å². The summed E-state index contributed by atoms with van der Waals surface area (Å²) in [5.41, 5.74) is 0.961. The summed E-state index contributed by atoms with van der Waals surface area (Å²) in [6.45, 7) is 0. The molecule has 7 heteroatoms. The molecule has 0 fully saturated rings. The van der Waals surface area contributed by atoms with Crippen LogP contribution in [0.15, 0.2) is 71.8 Å². The van der Waals surface area contributed by atoms with Gasteiger partial charge in [0.05, 0.1) is 33.1 Å². The molecule has 0 spiro atoms. The fraction of sp³-hybridized carbons (Fsp3) is 0.0476. The van der Waals surface area contributed by atoms with Gasteiger partial charge in [-0.15, -0.1) is 0 Å². The molecule has 0 saturated heterocycles. The Bertz CT molecular complexity index is 1230. The lowest BCUT2D eigenvalue weighted by molar-refractivity contribution is 0.0990. The number of carbonyl (C=O) groups is 1. The topological polar surface area (TPSA) is 64.8 Å². The molecule has 5 nitrogen and oxygen atoms in total. The third kappa shape index (κ3) is 3.30. The van der Waals surface area contributed by atoms with Crippen molar-refractivity contribution in [1.82, 2.24) is 14.5 Å². The zero-order chi connectivity index (χ0) is 19.7. The molecule has 28 heavy (non-hydrogen) atoms. The van der Waals surface area contributed by atoms with Crippen molar-refractivity contribution in [2.75, 3.05) is 0 Å². The summed E-state index contributed by atoms with van der Waals surface area (Å²) in [4.78, 5) is 34.5. The van der Waals surface area contributed by atoms with Crippen LogP contribution in [0.3, 0.4) is 0 Å². The standard InChI is InChI=1S/C21H13Cl2N3O2/c22-15-5-3-6-16(23)20(15)26-19(12-18(27)13-8-10-24-11-9-13)25-17-7-2-1-4-14(17)21(26)28/h1-11H,12H2. The Hall–Kier alpha value is -3.02. The van der Waals surface area contributed by atoms with E-state index in [9.17, 15) is 9.59 Å². The molecular weight excluding hydrogens is 397 g/mol. The molecule has 0 amide bonds. The molecule has 2 aromatic heterocycles. The zero-order valence-electron chi connectivity index (χ0n) is 14.5. The number of hydrogen-bond acceptors (Lipinski definition) is 4. The normalized spacial score (nSPS) is 10.9. The predicted octanol–water partition coefficient (Wildman–Crippen LogP) is 4.51. The number of hydrogen-bond donors (Lipinski definition) is 0. The molecule has 0 saturated carbocycles. The number of fused-ring (bicyclic) bond motifs is 1. The maximum absolute atomic E-state index is 13.3. The third-order valence-corrected chi connectivity index (χ3v) is 4.94. The molecule has 0 N–H and O–H groups in total. The van der Waals surface area contributed by atoms with Crippen molar-refractivity contribution in [2.45, 2.75) is 6.42 Å². The van der Waals surface area contributed by atoms with Crippen molar-refractivity contribution < 1.29 is 4.79 Å². The largest absolute Gasteiger partial charge is 0.294 e. The molecule has 0 aliphatic carbocycles. The van der Waals surface area contributed by atoms with E-state index in [2.05, 4.69) is 9.97 Å². The van der Waals surface area contributed by atoms with Gasteiger partial charge in [0.1, 0.15) is 5.82 Å². The van der Waals surface area contributed by atoms with Crippen molar-refractivity contribution in [1.29, 1.82) is 0 Å². The van der Waals surface area contributed by atoms with E-state index in [0.717, 1.165) is 0 Å². The van der Waals surface area contributed by atoms with E-state index in [1.165, 1.54) is 4.57 Å². The molecule has 0 atom stereocenters. The number of para-hydroxylation sites is 2. The van der Waals surface area contributed by atoms with Crippen LogP contribution in [-0.4, -0.2) is 20.3 Å². The number of pyridine rings is 1. The maximum atomic E-state index is 13.3. The summed E-state index contributed by atoms with van der Waals surface area (Å²) >= 11 is 12.7. The summed E-state index contributed by atoms with van der Waals surface area (Å²) in [5, 5.41) is 1.01. The first kappa shape index (κ1) is 18.3. The molecular formula is C21H13Cl2N3O2. The number of nitrogens with zero attached hydrogens (tertiary/aromatic N) is 3. The Kier molecular flexibility index (Phi) is 4.94. The molecule has 0 bridgehead atoms. The van der Waals surface area contributed by atoms with Crippen molar-refractivity contribution in [3.8, 4) is 5.69 Å². The van der Waals surface area contributed by atoms with Crippen LogP contribution in [0.4, 0.5) is 0 Å². The minimum atomic E-state index is -0.335. The number of benzene rings is 2. The Morgan fingerprint density at radius 1 is 0.929 bits per heavy atom. The lowest BCUT2D eigenvalue weighted by Crippen LogP contribution is -2.26. The van der Waals surface area contributed by atoms with E-state index in [0.29, 0.717) is 32.2 Å². The van der Waals surface area contributed by atoms with E-state index in [1.807, 2.05) is 0 Å². The van der Waals surface area contributed by atoms with Gasteiger partial charge in [-0.25, -0.2) is 4.98 Å². The summed E-state index contributed by atoms with van der Waals surface area (Å²) < 4.78 is 1.33. The van der Waals surface area contributed by atoms with Gasteiger partial charge < -0.3 is 0 Å². The average molecular weight is 410 g/mol. The molecule has 138 valence electrons. The quantitative estimate of drug-likeness (QED) is 0.465. The van der Waals surface area contributed by atoms with Crippen molar-refractivity contribution >= 4 is 39.9 Å². The van der Waals surface area contributed by atoms with Gasteiger partial charge in [0.25, 0.3) is 5.56 Å². The van der Waals surface area contributed by atoms with Gasteiger partial charge in [0, 0.05) is 18.0 Å². The van der Waals surface area contributed by atoms with Crippen LogP contribution >= 0.6 is 23.2 Å². The van der Waals surface area contributed by atoms with E-state index < -0.39 is 0 Å². The van der Waals surface area contributed by atoms with Crippen LogP contribution in [0.25, 0.3) is 16.6 Å².